The molecule has 1 fully saturated rings. The molecule has 1 aliphatic heterocycles. The fourth-order valence-corrected chi connectivity index (χ4v) is 2.59. The van der Waals surface area contributed by atoms with Crippen LogP contribution in [0.2, 0.25) is 5.02 Å². The number of benzene rings is 1. The molecule has 0 aromatic heterocycles. The maximum atomic E-state index is 13.8. The van der Waals surface area contributed by atoms with E-state index in [1.165, 1.54) is 20.0 Å². The van der Waals surface area contributed by atoms with Crippen LogP contribution in [0.15, 0.2) is 6.07 Å². The minimum atomic E-state index is -0.782. The van der Waals surface area contributed by atoms with Crippen LogP contribution < -0.4 is 10.1 Å². The van der Waals surface area contributed by atoms with Crippen molar-refractivity contribution < 1.29 is 14.2 Å². The lowest BCUT2D eigenvalue weighted by Crippen LogP contribution is -2.35. The van der Waals surface area contributed by atoms with E-state index < -0.39 is 11.6 Å². The Morgan fingerprint density at radius 2 is 2.33 bits per heavy atom. The minimum absolute atomic E-state index is 0.0270. The number of methoxy groups -OCH3 is 1. The van der Waals surface area contributed by atoms with Crippen LogP contribution in [0.1, 0.15) is 24.8 Å². The SMILES string of the molecule is COc1c(CC2CCCCN2)cc(Cl)c(O)c1F. The zero-order valence-electron chi connectivity index (χ0n) is 10.3. The normalized spacial score (nSPS) is 19.8. The van der Waals surface area contributed by atoms with Crippen molar-refractivity contribution in [3.63, 3.8) is 0 Å². The van der Waals surface area contributed by atoms with Gasteiger partial charge >= 0.3 is 0 Å². The molecule has 5 heteroatoms. The van der Waals surface area contributed by atoms with Crippen LogP contribution in [0.5, 0.6) is 11.5 Å². The van der Waals surface area contributed by atoms with E-state index in [0.717, 1.165) is 13.0 Å². The summed E-state index contributed by atoms with van der Waals surface area (Å²) >= 11 is 5.80. The molecule has 1 atom stereocenters. The highest BCUT2D eigenvalue weighted by molar-refractivity contribution is 6.32. The van der Waals surface area contributed by atoms with Gasteiger partial charge in [-0.1, -0.05) is 18.0 Å². The maximum Gasteiger partial charge on any atom is 0.208 e. The number of aromatic hydroxyl groups is 1. The minimum Gasteiger partial charge on any atom is -0.504 e. The molecule has 0 amide bonds. The molecule has 1 aliphatic rings. The van der Waals surface area contributed by atoms with Crippen LogP contribution in [0, 0.1) is 5.82 Å². The molecular formula is C13H17ClFNO2. The molecule has 1 heterocycles. The molecule has 1 aromatic rings. The van der Waals surface area contributed by atoms with Gasteiger partial charge in [-0.3, -0.25) is 0 Å². The van der Waals surface area contributed by atoms with Crippen molar-refractivity contribution in [2.75, 3.05) is 13.7 Å². The second-order valence-corrected chi connectivity index (χ2v) is 4.97. The zero-order valence-corrected chi connectivity index (χ0v) is 11.1. The number of ether oxygens (including phenoxy) is 1. The molecule has 0 spiro atoms. The molecule has 100 valence electrons. The van der Waals surface area contributed by atoms with Crippen LogP contribution in [0.4, 0.5) is 4.39 Å². The number of hydrogen-bond acceptors (Lipinski definition) is 3. The van der Waals surface area contributed by atoms with Gasteiger partial charge in [0.2, 0.25) is 5.82 Å². The van der Waals surface area contributed by atoms with Crippen molar-refractivity contribution in [1.29, 1.82) is 0 Å². The summed E-state index contributed by atoms with van der Waals surface area (Å²) in [5.74, 6) is -1.24. The summed E-state index contributed by atoms with van der Waals surface area (Å²) in [6, 6.07) is 1.89. The molecule has 0 bridgehead atoms. The lowest BCUT2D eigenvalue weighted by Gasteiger charge is -2.24. The number of phenols is 1. The van der Waals surface area contributed by atoms with Gasteiger partial charge in [0.25, 0.3) is 0 Å². The van der Waals surface area contributed by atoms with Gasteiger partial charge in [-0.15, -0.1) is 0 Å². The summed E-state index contributed by atoms with van der Waals surface area (Å²) in [4.78, 5) is 0. The van der Waals surface area contributed by atoms with Crippen molar-refractivity contribution in [2.45, 2.75) is 31.7 Å². The first kappa shape index (κ1) is 13.4. The first-order valence-corrected chi connectivity index (χ1v) is 6.48. The first-order valence-electron chi connectivity index (χ1n) is 6.10. The lowest BCUT2D eigenvalue weighted by molar-refractivity contribution is 0.351. The molecule has 0 saturated carbocycles. The number of halogens is 2. The molecule has 0 aliphatic carbocycles. The fraction of sp³-hybridized carbons (Fsp3) is 0.538. The average Bonchev–Trinajstić information content (AvgIpc) is 2.38. The molecule has 1 aromatic carbocycles. The number of piperidine rings is 1. The smallest absolute Gasteiger partial charge is 0.208 e. The van der Waals surface area contributed by atoms with Crippen LogP contribution in [0.3, 0.4) is 0 Å². The van der Waals surface area contributed by atoms with Gasteiger partial charge in [0.15, 0.2) is 11.5 Å². The Morgan fingerprint density at radius 3 is 2.94 bits per heavy atom. The summed E-state index contributed by atoms with van der Waals surface area (Å²) in [6.07, 6.45) is 4.07. The van der Waals surface area contributed by atoms with Crippen LogP contribution in [-0.4, -0.2) is 24.8 Å². The van der Waals surface area contributed by atoms with Gasteiger partial charge in [-0.2, -0.15) is 4.39 Å². The summed E-state index contributed by atoms with van der Waals surface area (Å²) < 4.78 is 18.8. The van der Waals surface area contributed by atoms with Gasteiger partial charge in [-0.25, -0.2) is 0 Å². The molecule has 2 N–H and O–H groups in total. The molecule has 1 saturated heterocycles. The second-order valence-electron chi connectivity index (χ2n) is 4.56. The number of nitrogens with one attached hydrogen (secondary N) is 1. The standard InChI is InChI=1S/C13H17ClFNO2/c1-18-13-8(6-9-4-2-3-5-16-9)7-10(14)12(17)11(13)15/h7,9,16-17H,2-6H2,1H3. The summed E-state index contributed by atoms with van der Waals surface area (Å²) in [5.41, 5.74) is 0.692. The van der Waals surface area contributed by atoms with E-state index in [2.05, 4.69) is 5.32 Å². The fourth-order valence-electron chi connectivity index (χ4n) is 2.38. The Kier molecular flexibility index (Phi) is 4.30. The molecule has 0 radical (unpaired) electrons. The van der Waals surface area contributed by atoms with E-state index >= 15 is 0 Å². The highest BCUT2D eigenvalue weighted by Crippen LogP contribution is 2.37. The highest BCUT2D eigenvalue weighted by Gasteiger charge is 2.21. The van der Waals surface area contributed by atoms with Gasteiger partial charge in [0, 0.05) is 11.6 Å². The van der Waals surface area contributed by atoms with Gasteiger partial charge in [0.1, 0.15) is 0 Å². The van der Waals surface area contributed by atoms with E-state index in [-0.39, 0.29) is 10.8 Å². The Hall–Kier alpha value is -1.00. The van der Waals surface area contributed by atoms with Crippen molar-refractivity contribution in [3.05, 3.63) is 22.5 Å². The maximum absolute atomic E-state index is 13.8. The van der Waals surface area contributed by atoms with Gasteiger partial charge in [0.05, 0.1) is 12.1 Å². The second kappa shape index (κ2) is 5.76. The summed E-state index contributed by atoms with van der Waals surface area (Å²) in [5, 5.41) is 12.9. The lowest BCUT2D eigenvalue weighted by atomic mass is 9.97. The molecular weight excluding hydrogens is 257 g/mol. The average molecular weight is 274 g/mol. The summed E-state index contributed by atoms with van der Waals surface area (Å²) in [6.45, 7) is 0.987. The van der Waals surface area contributed by atoms with Crippen LogP contribution in [0.25, 0.3) is 0 Å². The first-order chi connectivity index (χ1) is 8.63. The Morgan fingerprint density at radius 1 is 1.56 bits per heavy atom. The topological polar surface area (TPSA) is 41.5 Å². The van der Waals surface area contributed by atoms with E-state index in [9.17, 15) is 9.50 Å². The van der Waals surface area contributed by atoms with E-state index in [1.54, 1.807) is 6.07 Å². The molecule has 18 heavy (non-hydrogen) atoms. The third kappa shape index (κ3) is 2.70. The van der Waals surface area contributed by atoms with Crippen molar-refractivity contribution in [2.24, 2.45) is 0 Å². The van der Waals surface area contributed by atoms with Crippen molar-refractivity contribution in [3.8, 4) is 11.5 Å². The monoisotopic (exact) mass is 273 g/mol. The predicted octanol–water partition coefficient (Wildman–Crippen LogP) is 2.88. The third-order valence-corrected chi connectivity index (χ3v) is 3.60. The largest absolute Gasteiger partial charge is 0.504 e. The Bertz CT molecular complexity index is 433. The van der Waals surface area contributed by atoms with Crippen LogP contribution in [-0.2, 0) is 6.42 Å². The number of phenolic OH excluding ortho intramolecular Hbond substituents is 1. The molecule has 3 nitrogen and oxygen atoms in total. The molecule has 1 unspecified atom stereocenters. The van der Waals surface area contributed by atoms with Gasteiger partial charge in [-0.05, 0) is 31.9 Å². The van der Waals surface area contributed by atoms with E-state index in [0.29, 0.717) is 18.0 Å². The van der Waals surface area contributed by atoms with E-state index in [4.69, 9.17) is 16.3 Å². The quantitative estimate of drug-likeness (QED) is 0.890. The van der Waals surface area contributed by atoms with Crippen molar-refractivity contribution in [1.82, 2.24) is 5.32 Å². The third-order valence-electron chi connectivity index (χ3n) is 3.31. The van der Waals surface area contributed by atoms with Crippen molar-refractivity contribution >= 4 is 11.6 Å². The summed E-state index contributed by atoms with van der Waals surface area (Å²) in [7, 11) is 1.39. The number of hydrogen-bond donors (Lipinski definition) is 2. The van der Waals surface area contributed by atoms with E-state index in [1.807, 2.05) is 0 Å². The Balaban J connectivity index is 2.25. The Labute approximate surface area is 111 Å². The zero-order chi connectivity index (χ0) is 13.1. The highest BCUT2D eigenvalue weighted by atomic mass is 35.5. The van der Waals surface area contributed by atoms with Crippen LogP contribution >= 0.6 is 11.6 Å². The van der Waals surface area contributed by atoms with Gasteiger partial charge < -0.3 is 15.2 Å². The molecule has 2 rings (SSSR count). The number of rotatable bonds is 3. The predicted molar refractivity (Wildman–Crippen MR) is 69.0 cm³/mol.